The van der Waals surface area contributed by atoms with Crippen LogP contribution >= 0.6 is 11.8 Å². The number of methoxy groups -OCH3 is 1. The molecule has 0 aliphatic rings. The Morgan fingerprint density at radius 2 is 1.87 bits per heavy atom. The van der Waals surface area contributed by atoms with Gasteiger partial charge in [-0.25, -0.2) is 0 Å². The highest BCUT2D eigenvalue weighted by atomic mass is 32.2. The van der Waals surface area contributed by atoms with Crippen LogP contribution in [0.4, 0.5) is 5.69 Å². The summed E-state index contributed by atoms with van der Waals surface area (Å²) in [5.74, 6) is 1.19. The first kappa shape index (κ1) is 17.4. The van der Waals surface area contributed by atoms with Gasteiger partial charge in [-0.2, -0.15) is 0 Å². The molecule has 2 rings (SSSR count). The van der Waals surface area contributed by atoms with Gasteiger partial charge in [0.05, 0.1) is 12.9 Å². The van der Waals surface area contributed by atoms with E-state index in [9.17, 15) is 4.79 Å². The molecule has 0 aromatic heterocycles. The minimum absolute atomic E-state index is 0.00485. The van der Waals surface area contributed by atoms with Crippen LogP contribution in [0, 0.1) is 0 Å². The van der Waals surface area contributed by atoms with Crippen LogP contribution in [-0.4, -0.2) is 25.3 Å². The van der Waals surface area contributed by atoms with Gasteiger partial charge in [0.15, 0.2) is 0 Å². The largest absolute Gasteiger partial charge is 0.497 e. The number of anilines is 1. The molecular weight excluding hydrogens is 308 g/mol. The lowest BCUT2D eigenvalue weighted by molar-refractivity contribution is -0.113. The monoisotopic (exact) mass is 330 g/mol. The van der Waals surface area contributed by atoms with E-state index in [-0.39, 0.29) is 5.91 Å². The van der Waals surface area contributed by atoms with E-state index < -0.39 is 0 Å². The summed E-state index contributed by atoms with van der Waals surface area (Å²) < 4.78 is 5.12. The van der Waals surface area contributed by atoms with Gasteiger partial charge >= 0.3 is 0 Å². The maximum Gasteiger partial charge on any atom is 0.234 e. The number of benzene rings is 2. The van der Waals surface area contributed by atoms with E-state index in [4.69, 9.17) is 4.74 Å². The Kier molecular flexibility index (Phi) is 6.97. The molecule has 0 heterocycles. The number of carbonyl (C=O) groups is 1. The molecule has 0 saturated carbocycles. The van der Waals surface area contributed by atoms with Crippen molar-refractivity contribution < 1.29 is 9.53 Å². The summed E-state index contributed by atoms with van der Waals surface area (Å²) in [7, 11) is 1.64. The summed E-state index contributed by atoms with van der Waals surface area (Å²) in [6.07, 6.45) is 0. The summed E-state index contributed by atoms with van der Waals surface area (Å²) in [6.45, 7) is 3.71. The molecule has 0 aliphatic heterocycles. The molecule has 0 bridgehead atoms. The third-order valence-corrected chi connectivity index (χ3v) is 4.30. The molecule has 122 valence electrons. The van der Waals surface area contributed by atoms with Gasteiger partial charge in [0.1, 0.15) is 5.75 Å². The zero-order valence-electron chi connectivity index (χ0n) is 13.5. The molecule has 2 aromatic rings. The predicted molar refractivity (Wildman–Crippen MR) is 96.2 cm³/mol. The highest BCUT2D eigenvalue weighted by molar-refractivity contribution is 8.00. The van der Waals surface area contributed by atoms with Crippen molar-refractivity contribution in [3.63, 3.8) is 0 Å². The van der Waals surface area contributed by atoms with Gasteiger partial charge in [-0.3, -0.25) is 4.79 Å². The number of carbonyl (C=O) groups excluding carboxylic acids is 1. The number of ether oxygens (including phenoxy) is 1. The van der Waals surface area contributed by atoms with Crippen molar-refractivity contribution in [2.45, 2.75) is 18.4 Å². The van der Waals surface area contributed by atoms with Crippen molar-refractivity contribution in [2.24, 2.45) is 0 Å². The first-order chi connectivity index (χ1) is 11.2. The van der Waals surface area contributed by atoms with Crippen molar-refractivity contribution in [2.75, 3.05) is 24.7 Å². The zero-order chi connectivity index (χ0) is 16.5. The minimum atomic E-state index is -0.00485. The van der Waals surface area contributed by atoms with Gasteiger partial charge in [0.2, 0.25) is 5.91 Å². The van der Waals surface area contributed by atoms with Crippen molar-refractivity contribution in [3.8, 4) is 5.75 Å². The lowest BCUT2D eigenvalue weighted by Gasteiger charge is -2.11. The molecule has 2 aromatic carbocycles. The number of nitrogens with one attached hydrogen (secondary N) is 2. The minimum Gasteiger partial charge on any atom is -0.497 e. The highest BCUT2D eigenvalue weighted by Crippen LogP contribution is 2.22. The molecule has 0 spiro atoms. The number of hydrogen-bond donors (Lipinski definition) is 2. The molecule has 0 fully saturated rings. The number of amides is 1. The first-order valence-electron chi connectivity index (χ1n) is 7.58. The lowest BCUT2D eigenvalue weighted by atomic mass is 10.1. The number of hydrogen-bond acceptors (Lipinski definition) is 4. The van der Waals surface area contributed by atoms with Crippen LogP contribution in [0.2, 0.25) is 0 Å². The number of thioether (sulfide) groups is 1. The smallest absolute Gasteiger partial charge is 0.234 e. The Bertz CT molecular complexity index is 629. The Morgan fingerprint density at radius 3 is 2.57 bits per heavy atom. The van der Waals surface area contributed by atoms with Crippen LogP contribution in [0.15, 0.2) is 53.4 Å². The third-order valence-electron chi connectivity index (χ3n) is 3.29. The van der Waals surface area contributed by atoms with Crippen LogP contribution in [0.25, 0.3) is 0 Å². The van der Waals surface area contributed by atoms with E-state index in [0.29, 0.717) is 5.75 Å². The zero-order valence-corrected chi connectivity index (χ0v) is 14.3. The number of rotatable bonds is 8. The molecule has 0 saturated heterocycles. The molecule has 0 aliphatic carbocycles. The van der Waals surface area contributed by atoms with E-state index in [1.54, 1.807) is 7.11 Å². The second-order valence-electron chi connectivity index (χ2n) is 4.95. The van der Waals surface area contributed by atoms with Crippen LogP contribution in [0.1, 0.15) is 12.5 Å². The van der Waals surface area contributed by atoms with Gasteiger partial charge in [-0.1, -0.05) is 25.1 Å². The quantitative estimate of drug-likeness (QED) is 0.727. The molecule has 0 unspecified atom stereocenters. The number of para-hydroxylation sites is 1. The Hall–Kier alpha value is -1.98. The molecule has 0 atom stereocenters. The normalized spacial score (nSPS) is 10.3. The molecule has 1 amide bonds. The first-order valence-corrected chi connectivity index (χ1v) is 8.56. The van der Waals surface area contributed by atoms with E-state index in [1.807, 2.05) is 48.5 Å². The second-order valence-corrected chi connectivity index (χ2v) is 6.00. The van der Waals surface area contributed by atoms with Gasteiger partial charge in [0, 0.05) is 17.1 Å². The molecule has 2 N–H and O–H groups in total. The second kappa shape index (κ2) is 9.22. The SMILES string of the molecule is CCNCc1ccccc1NC(=O)CSc1ccc(OC)cc1. The summed E-state index contributed by atoms with van der Waals surface area (Å²) >= 11 is 1.51. The van der Waals surface area contributed by atoms with Crippen molar-refractivity contribution in [1.29, 1.82) is 0 Å². The summed E-state index contributed by atoms with van der Waals surface area (Å²) in [4.78, 5) is 13.2. The van der Waals surface area contributed by atoms with Crippen molar-refractivity contribution in [3.05, 3.63) is 54.1 Å². The maximum absolute atomic E-state index is 12.2. The van der Waals surface area contributed by atoms with Crippen LogP contribution in [0.3, 0.4) is 0 Å². The molecule has 5 heteroatoms. The third kappa shape index (κ3) is 5.62. The fraction of sp³-hybridized carbons (Fsp3) is 0.278. The molecule has 4 nitrogen and oxygen atoms in total. The van der Waals surface area contributed by atoms with Gasteiger partial charge in [-0.05, 0) is 42.4 Å². The standard InChI is InChI=1S/C18H22N2O2S/c1-3-19-12-14-6-4-5-7-17(14)20-18(21)13-23-16-10-8-15(22-2)9-11-16/h4-11,19H,3,12-13H2,1-2H3,(H,20,21). The lowest BCUT2D eigenvalue weighted by Crippen LogP contribution is -2.18. The average molecular weight is 330 g/mol. The van der Waals surface area contributed by atoms with Crippen molar-refractivity contribution in [1.82, 2.24) is 5.32 Å². The summed E-state index contributed by atoms with van der Waals surface area (Å²) in [5, 5.41) is 6.27. The Balaban J connectivity index is 1.89. The topological polar surface area (TPSA) is 50.4 Å². The maximum atomic E-state index is 12.2. The van der Waals surface area contributed by atoms with Gasteiger partial charge in [0.25, 0.3) is 0 Å². The van der Waals surface area contributed by atoms with Gasteiger partial charge in [-0.15, -0.1) is 11.8 Å². The van der Waals surface area contributed by atoms with E-state index in [2.05, 4.69) is 17.6 Å². The van der Waals surface area contributed by atoms with Crippen LogP contribution in [0.5, 0.6) is 5.75 Å². The van der Waals surface area contributed by atoms with E-state index >= 15 is 0 Å². The van der Waals surface area contributed by atoms with E-state index in [1.165, 1.54) is 11.8 Å². The molecule has 23 heavy (non-hydrogen) atoms. The fourth-order valence-electron chi connectivity index (χ4n) is 2.06. The van der Waals surface area contributed by atoms with Crippen molar-refractivity contribution >= 4 is 23.4 Å². The summed E-state index contributed by atoms with van der Waals surface area (Å²) in [6, 6.07) is 15.6. The molecule has 0 radical (unpaired) electrons. The predicted octanol–water partition coefficient (Wildman–Crippen LogP) is 3.54. The van der Waals surface area contributed by atoms with Crippen LogP contribution in [-0.2, 0) is 11.3 Å². The highest BCUT2D eigenvalue weighted by Gasteiger charge is 2.07. The average Bonchev–Trinajstić information content (AvgIpc) is 2.59. The fourth-order valence-corrected chi connectivity index (χ4v) is 2.76. The van der Waals surface area contributed by atoms with Gasteiger partial charge < -0.3 is 15.4 Å². The summed E-state index contributed by atoms with van der Waals surface area (Å²) in [5.41, 5.74) is 1.96. The Labute approximate surface area is 141 Å². The van der Waals surface area contributed by atoms with Crippen LogP contribution < -0.4 is 15.4 Å². The Morgan fingerprint density at radius 1 is 1.13 bits per heavy atom. The molecular formula is C18H22N2O2S. The van der Waals surface area contributed by atoms with E-state index in [0.717, 1.165) is 35.0 Å².